The fourth-order valence-electron chi connectivity index (χ4n) is 3.43. The van der Waals surface area contributed by atoms with E-state index in [9.17, 15) is 9.90 Å². The van der Waals surface area contributed by atoms with Crippen molar-refractivity contribution in [2.75, 3.05) is 26.3 Å². The van der Waals surface area contributed by atoms with Gasteiger partial charge >= 0.3 is 0 Å². The lowest BCUT2D eigenvalue weighted by Crippen LogP contribution is -2.35. The maximum Gasteiger partial charge on any atom is 0.231 e. The van der Waals surface area contributed by atoms with Crippen molar-refractivity contribution >= 4 is 11.9 Å². The molecule has 2 aromatic carbocycles. The molecule has 0 aromatic heterocycles. The highest BCUT2D eigenvalue weighted by molar-refractivity contribution is 6.15. The molecule has 0 amide bonds. The Labute approximate surface area is 158 Å². The highest BCUT2D eigenvalue weighted by atomic mass is 16.5. The number of hydrogen-bond donors (Lipinski definition) is 1. The number of carbonyl (C=O) groups excluding carboxylic acids is 1. The third-order valence-electron chi connectivity index (χ3n) is 5.09. The Morgan fingerprint density at radius 2 is 1.85 bits per heavy atom. The van der Waals surface area contributed by atoms with Crippen LogP contribution in [0.3, 0.4) is 0 Å². The number of ketones is 1. The molecule has 1 N–H and O–H groups in total. The molecule has 1 saturated heterocycles. The molecule has 0 bridgehead atoms. The Bertz CT molecular complexity index is 880. The van der Waals surface area contributed by atoms with Gasteiger partial charge < -0.3 is 14.6 Å². The van der Waals surface area contributed by atoms with E-state index in [0.29, 0.717) is 42.4 Å². The van der Waals surface area contributed by atoms with Gasteiger partial charge in [-0.1, -0.05) is 31.2 Å². The van der Waals surface area contributed by atoms with E-state index in [2.05, 4.69) is 24.0 Å². The average molecular weight is 365 g/mol. The summed E-state index contributed by atoms with van der Waals surface area (Å²) in [6.45, 7) is 5.58. The zero-order valence-electron chi connectivity index (χ0n) is 15.4. The summed E-state index contributed by atoms with van der Waals surface area (Å²) in [6.07, 6.45) is 2.74. The van der Waals surface area contributed by atoms with E-state index in [4.69, 9.17) is 9.47 Å². The molecule has 0 unspecified atom stereocenters. The first-order valence-electron chi connectivity index (χ1n) is 9.34. The number of phenolic OH excluding ortho intramolecular Hbond substituents is 1. The van der Waals surface area contributed by atoms with E-state index < -0.39 is 0 Å². The molecule has 2 aliphatic heterocycles. The molecule has 2 aromatic rings. The molecule has 2 aliphatic rings. The Morgan fingerprint density at radius 1 is 1.11 bits per heavy atom. The zero-order valence-corrected chi connectivity index (χ0v) is 15.4. The summed E-state index contributed by atoms with van der Waals surface area (Å²) >= 11 is 0. The summed E-state index contributed by atoms with van der Waals surface area (Å²) in [5.74, 6) is 0.778. The predicted molar refractivity (Wildman–Crippen MR) is 103 cm³/mol. The number of Topliss-reactive ketones (excluding diaryl/α,β-unsaturated/α-hetero) is 1. The van der Waals surface area contributed by atoms with Crippen LogP contribution in [0.15, 0.2) is 42.2 Å². The van der Waals surface area contributed by atoms with Crippen LogP contribution in [0.2, 0.25) is 0 Å². The van der Waals surface area contributed by atoms with Gasteiger partial charge in [-0.3, -0.25) is 9.69 Å². The monoisotopic (exact) mass is 365 g/mol. The SMILES string of the molecule is CCc1ccc(/C=C2/Oc3c(ccc(O)c3CN3CCOCC3)C2=O)cc1. The van der Waals surface area contributed by atoms with Gasteiger partial charge in [0.05, 0.1) is 24.3 Å². The van der Waals surface area contributed by atoms with Crippen molar-refractivity contribution < 1.29 is 19.4 Å². The molecular formula is C22H23NO4. The number of rotatable bonds is 4. The van der Waals surface area contributed by atoms with Gasteiger partial charge in [0.1, 0.15) is 11.5 Å². The number of hydrogen-bond acceptors (Lipinski definition) is 5. The minimum Gasteiger partial charge on any atom is -0.507 e. The second-order valence-corrected chi connectivity index (χ2v) is 6.86. The summed E-state index contributed by atoms with van der Waals surface area (Å²) in [7, 11) is 0. The van der Waals surface area contributed by atoms with Crippen molar-refractivity contribution in [3.8, 4) is 11.5 Å². The van der Waals surface area contributed by atoms with E-state index in [1.165, 1.54) is 5.56 Å². The first kappa shape index (κ1) is 17.8. The fourth-order valence-corrected chi connectivity index (χ4v) is 3.43. The Balaban J connectivity index is 1.62. The number of phenols is 1. The normalized spacial score (nSPS) is 18.6. The first-order valence-corrected chi connectivity index (χ1v) is 9.34. The van der Waals surface area contributed by atoms with Crippen LogP contribution in [0.4, 0.5) is 0 Å². The van der Waals surface area contributed by atoms with E-state index in [1.807, 2.05) is 12.1 Å². The van der Waals surface area contributed by atoms with Crippen molar-refractivity contribution in [1.29, 1.82) is 0 Å². The van der Waals surface area contributed by atoms with E-state index in [0.717, 1.165) is 25.1 Å². The lowest BCUT2D eigenvalue weighted by Gasteiger charge is -2.27. The lowest BCUT2D eigenvalue weighted by molar-refractivity contribution is 0.0336. The minimum atomic E-state index is -0.146. The van der Waals surface area contributed by atoms with Crippen LogP contribution in [0, 0.1) is 0 Å². The maximum atomic E-state index is 12.8. The van der Waals surface area contributed by atoms with Crippen molar-refractivity contribution in [2.45, 2.75) is 19.9 Å². The largest absolute Gasteiger partial charge is 0.507 e. The van der Waals surface area contributed by atoms with Crippen LogP contribution < -0.4 is 4.74 Å². The number of aromatic hydroxyl groups is 1. The second-order valence-electron chi connectivity index (χ2n) is 6.86. The molecule has 140 valence electrons. The maximum absolute atomic E-state index is 12.8. The molecule has 5 nitrogen and oxygen atoms in total. The lowest BCUT2D eigenvalue weighted by atomic mass is 10.0. The number of ether oxygens (including phenoxy) is 2. The predicted octanol–water partition coefficient (Wildman–Crippen LogP) is 3.40. The number of aryl methyl sites for hydroxylation is 1. The standard InChI is InChI=1S/C22H23NO4/c1-2-15-3-5-16(6-4-15)13-20-21(25)17-7-8-19(24)18(22(17)27-20)14-23-9-11-26-12-10-23/h3-8,13,24H,2,9-12,14H2,1H3/b20-13+. The molecule has 27 heavy (non-hydrogen) atoms. The summed E-state index contributed by atoms with van der Waals surface area (Å²) < 4.78 is 11.3. The highest BCUT2D eigenvalue weighted by Gasteiger charge is 2.31. The van der Waals surface area contributed by atoms with Gasteiger partial charge in [-0.25, -0.2) is 0 Å². The van der Waals surface area contributed by atoms with Crippen LogP contribution in [-0.4, -0.2) is 42.1 Å². The number of fused-ring (bicyclic) bond motifs is 1. The molecule has 5 heteroatoms. The van der Waals surface area contributed by atoms with E-state index in [1.54, 1.807) is 18.2 Å². The first-order chi connectivity index (χ1) is 13.2. The molecule has 0 saturated carbocycles. The minimum absolute atomic E-state index is 0.146. The van der Waals surface area contributed by atoms with Crippen LogP contribution >= 0.6 is 0 Å². The van der Waals surface area contributed by atoms with E-state index >= 15 is 0 Å². The Hall–Kier alpha value is -2.63. The number of morpholine rings is 1. The number of allylic oxidation sites excluding steroid dienone is 1. The summed E-state index contributed by atoms with van der Waals surface area (Å²) in [5.41, 5.74) is 3.33. The quantitative estimate of drug-likeness (QED) is 0.842. The smallest absolute Gasteiger partial charge is 0.231 e. The highest BCUT2D eigenvalue weighted by Crippen LogP contribution is 2.40. The fraction of sp³-hybridized carbons (Fsp3) is 0.318. The molecule has 0 radical (unpaired) electrons. The number of carbonyl (C=O) groups is 1. The molecule has 4 rings (SSSR count). The molecule has 0 aliphatic carbocycles. The van der Waals surface area contributed by atoms with Gasteiger partial charge in [0, 0.05) is 19.6 Å². The van der Waals surface area contributed by atoms with Gasteiger partial charge in [-0.05, 0) is 35.8 Å². The second kappa shape index (κ2) is 7.55. The molecular weight excluding hydrogens is 342 g/mol. The van der Waals surface area contributed by atoms with Crippen LogP contribution in [-0.2, 0) is 17.7 Å². The van der Waals surface area contributed by atoms with Gasteiger partial charge in [0.2, 0.25) is 5.78 Å². The van der Waals surface area contributed by atoms with Gasteiger partial charge in [-0.15, -0.1) is 0 Å². The van der Waals surface area contributed by atoms with Crippen molar-refractivity contribution in [1.82, 2.24) is 4.90 Å². The Morgan fingerprint density at radius 3 is 2.56 bits per heavy atom. The van der Waals surface area contributed by atoms with E-state index in [-0.39, 0.29) is 11.5 Å². The van der Waals surface area contributed by atoms with Gasteiger partial charge in [-0.2, -0.15) is 0 Å². The summed E-state index contributed by atoms with van der Waals surface area (Å²) in [5, 5.41) is 10.4. The number of benzene rings is 2. The van der Waals surface area contributed by atoms with Crippen molar-refractivity contribution in [2.24, 2.45) is 0 Å². The third-order valence-corrected chi connectivity index (χ3v) is 5.09. The number of nitrogens with zero attached hydrogens (tertiary/aromatic N) is 1. The summed E-state index contributed by atoms with van der Waals surface area (Å²) in [6, 6.07) is 11.3. The molecule has 0 atom stereocenters. The van der Waals surface area contributed by atoms with Crippen molar-refractivity contribution in [3.05, 3.63) is 64.4 Å². The zero-order chi connectivity index (χ0) is 18.8. The van der Waals surface area contributed by atoms with Crippen LogP contribution in [0.5, 0.6) is 11.5 Å². The third kappa shape index (κ3) is 3.61. The van der Waals surface area contributed by atoms with Crippen molar-refractivity contribution in [3.63, 3.8) is 0 Å². The Kier molecular flexibility index (Phi) is 4.97. The molecule has 1 fully saturated rings. The van der Waals surface area contributed by atoms with Crippen LogP contribution in [0.25, 0.3) is 6.08 Å². The van der Waals surface area contributed by atoms with Gasteiger partial charge in [0.15, 0.2) is 5.76 Å². The average Bonchev–Trinajstić information content (AvgIpc) is 3.01. The molecule has 2 heterocycles. The summed E-state index contributed by atoms with van der Waals surface area (Å²) in [4.78, 5) is 15.0. The topological polar surface area (TPSA) is 59.0 Å². The van der Waals surface area contributed by atoms with Crippen LogP contribution in [0.1, 0.15) is 34.0 Å². The van der Waals surface area contributed by atoms with Gasteiger partial charge in [0.25, 0.3) is 0 Å². The molecule has 0 spiro atoms.